The number of hydrogen-bond donors (Lipinski definition) is 0. The molecule has 0 N–H and O–H groups in total. The molecule has 0 bridgehead atoms. The smallest absolute Gasteiger partial charge is 0.0148 e. The van der Waals surface area contributed by atoms with E-state index >= 15 is 0 Å². The lowest BCUT2D eigenvalue weighted by Crippen LogP contribution is -2.05. The van der Waals surface area contributed by atoms with Gasteiger partial charge in [-0.1, -0.05) is 35.7 Å². The second-order valence-electron chi connectivity index (χ2n) is 4.19. The molecule has 0 spiro atoms. The summed E-state index contributed by atoms with van der Waals surface area (Å²) >= 11 is 3.73. The maximum absolute atomic E-state index is 3.73. The predicted octanol–water partition coefficient (Wildman–Crippen LogP) is 3.60. The van der Waals surface area contributed by atoms with Gasteiger partial charge in [0.05, 0.1) is 0 Å². The number of alkyl halides is 1. The van der Waals surface area contributed by atoms with Crippen LogP contribution in [0.3, 0.4) is 0 Å². The molecule has 0 saturated heterocycles. The highest BCUT2D eigenvalue weighted by atomic mass is 79.9. The van der Waals surface area contributed by atoms with Crippen LogP contribution in [0, 0.1) is 17.8 Å². The third kappa shape index (κ3) is 1.49. The molecule has 0 amide bonds. The van der Waals surface area contributed by atoms with Crippen LogP contribution in [0.2, 0.25) is 0 Å². The monoisotopic (exact) mass is 216 g/mol. The molecule has 0 nitrogen and oxygen atoms in total. The van der Waals surface area contributed by atoms with E-state index in [1.807, 2.05) is 0 Å². The van der Waals surface area contributed by atoms with E-state index in [9.17, 15) is 0 Å². The summed E-state index contributed by atoms with van der Waals surface area (Å²) in [6.45, 7) is 2.32. The van der Waals surface area contributed by atoms with E-state index in [2.05, 4.69) is 22.9 Å². The Bertz CT molecular complexity index is 140. The Morgan fingerprint density at radius 1 is 1.27 bits per heavy atom. The number of halogens is 1. The average molecular weight is 217 g/mol. The van der Waals surface area contributed by atoms with Gasteiger partial charge in [-0.3, -0.25) is 0 Å². The van der Waals surface area contributed by atoms with Crippen molar-refractivity contribution in [3.63, 3.8) is 0 Å². The van der Waals surface area contributed by atoms with Crippen molar-refractivity contribution in [3.05, 3.63) is 0 Å². The standard InChI is InChI=1S/C10H17Br/c1-2-3-8-9-5-4-7(11)6-10(8)9/h7-10H,2-6H2,1H3/t7-,8+,9+,10?/m1/s1. The zero-order valence-corrected chi connectivity index (χ0v) is 8.81. The van der Waals surface area contributed by atoms with Gasteiger partial charge in [0.25, 0.3) is 0 Å². The first-order valence-corrected chi connectivity index (χ1v) is 5.88. The van der Waals surface area contributed by atoms with Gasteiger partial charge in [-0.05, 0) is 37.0 Å². The first-order valence-electron chi connectivity index (χ1n) is 4.97. The van der Waals surface area contributed by atoms with Gasteiger partial charge in [-0.15, -0.1) is 0 Å². The van der Waals surface area contributed by atoms with Crippen molar-refractivity contribution in [2.45, 2.75) is 43.9 Å². The van der Waals surface area contributed by atoms with Crippen LogP contribution in [0.4, 0.5) is 0 Å². The fourth-order valence-electron chi connectivity index (χ4n) is 2.85. The molecule has 0 radical (unpaired) electrons. The lowest BCUT2D eigenvalue weighted by molar-refractivity contribution is 0.496. The van der Waals surface area contributed by atoms with Crippen LogP contribution in [-0.4, -0.2) is 4.83 Å². The predicted molar refractivity (Wildman–Crippen MR) is 51.9 cm³/mol. The van der Waals surface area contributed by atoms with Crippen molar-refractivity contribution in [1.82, 2.24) is 0 Å². The van der Waals surface area contributed by atoms with Gasteiger partial charge in [0, 0.05) is 4.83 Å². The third-order valence-corrected chi connectivity index (χ3v) is 4.30. The fraction of sp³-hybridized carbons (Fsp3) is 1.00. The van der Waals surface area contributed by atoms with E-state index in [0.717, 1.165) is 22.6 Å². The highest BCUT2D eigenvalue weighted by Crippen LogP contribution is 2.58. The summed E-state index contributed by atoms with van der Waals surface area (Å²) < 4.78 is 0. The van der Waals surface area contributed by atoms with Crippen LogP contribution in [0.1, 0.15) is 39.0 Å². The summed E-state index contributed by atoms with van der Waals surface area (Å²) in [5.41, 5.74) is 0. The molecule has 0 aromatic heterocycles. The molecule has 4 atom stereocenters. The van der Waals surface area contributed by atoms with E-state index in [1.54, 1.807) is 0 Å². The molecule has 2 rings (SSSR count). The van der Waals surface area contributed by atoms with Crippen LogP contribution in [0.5, 0.6) is 0 Å². The Hall–Kier alpha value is 0.480. The molecule has 2 saturated carbocycles. The summed E-state index contributed by atoms with van der Waals surface area (Å²) in [6, 6.07) is 0. The maximum Gasteiger partial charge on any atom is 0.0148 e. The summed E-state index contributed by atoms with van der Waals surface area (Å²) in [7, 11) is 0. The first-order chi connectivity index (χ1) is 5.33. The second kappa shape index (κ2) is 3.08. The Labute approximate surface area is 77.9 Å². The number of fused-ring (bicyclic) bond motifs is 1. The zero-order valence-electron chi connectivity index (χ0n) is 7.22. The Kier molecular flexibility index (Phi) is 2.27. The highest BCUT2D eigenvalue weighted by Gasteiger charge is 2.51. The fourth-order valence-corrected chi connectivity index (χ4v) is 3.55. The maximum atomic E-state index is 3.73. The summed E-state index contributed by atoms with van der Waals surface area (Å²) in [5, 5.41) is 0. The van der Waals surface area contributed by atoms with Crippen molar-refractivity contribution < 1.29 is 0 Å². The highest BCUT2D eigenvalue weighted by molar-refractivity contribution is 9.09. The molecule has 2 aliphatic rings. The topological polar surface area (TPSA) is 0 Å². The van der Waals surface area contributed by atoms with Crippen molar-refractivity contribution in [2.24, 2.45) is 17.8 Å². The van der Waals surface area contributed by atoms with Crippen molar-refractivity contribution >= 4 is 15.9 Å². The minimum absolute atomic E-state index is 0.852. The molecule has 2 fully saturated rings. The van der Waals surface area contributed by atoms with Gasteiger partial charge >= 0.3 is 0 Å². The molecule has 2 aliphatic carbocycles. The van der Waals surface area contributed by atoms with Crippen LogP contribution < -0.4 is 0 Å². The largest absolute Gasteiger partial charge is 0.0891 e. The Morgan fingerprint density at radius 3 is 2.73 bits per heavy atom. The average Bonchev–Trinajstić information content (AvgIpc) is 2.64. The van der Waals surface area contributed by atoms with E-state index in [-0.39, 0.29) is 0 Å². The molecule has 64 valence electrons. The summed E-state index contributed by atoms with van der Waals surface area (Å²) in [4.78, 5) is 0.852. The molecule has 11 heavy (non-hydrogen) atoms. The molecular formula is C10H17Br. The third-order valence-electron chi connectivity index (χ3n) is 3.47. The van der Waals surface area contributed by atoms with Gasteiger partial charge in [-0.25, -0.2) is 0 Å². The zero-order chi connectivity index (χ0) is 7.84. The van der Waals surface area contributed by atoms with E-state index in [1.165, 1.54) is 32.1 Å². The summed E-state index contributed by atoms with van der Waals surface area (Å²) in [5.74, 6) is 3.39. The molecule has 1 unspecified atom stereocenters. The molecule has 0 aromatic carbocycles. The molecule has 1 heteroatoms. The van der Waals surface area contributed by atoms with Crippen molar-refractivity contribution in [2.75, 3.05) is 0 Å². The normalized spacial score (nSPS) is 48.5. The van der Waals surface area contributed by atoms with Crippen LogP contribution >= 0.6 is 15.9 Å². The minimum Gasteiger partial charge on any atom is -0.0891 e. The first kappa shape index (κ1) is 8.10. The van der Waals surface area contributed by atoms with E-state index in [4.69, 9.17) is 0 Å². The van der Waals surface area contributed by atoms with Crippen LogP contribution in [-0.2, 0) is 0 Å². The van der Waals surface area contributed by atoms with Gasteiger partial charge in [-0.2, -0.15) is 0 Å². The SMILES string of the molecule is CCC[C@@H]1C2C[C@H](Br)CC[C@H]21. The van der Waals surface area contributed by atoms with E-state index in [0.29, 0.717) is 0 Å². The Morgan fingerprint density at radius 2 is 2.09 bits per heavy atom. The molecular weight excluding hydrogens is 200 g/mol. The van der Waals surface area contributed by atoms with E-state index < -0.39 is 0 Å². The van der Waals surface area contributed by atoms with Gasteiger partial charge < -0.3 is 0 Å². The second-order valence-corrected chi connectivity index (χ2v) is 5.49. The van der Waals surface area contributed by atoms with Gasteiger partial charge in [0.15, 0.2) is 0 Å². The summed E-state index contributed by atoms with van der Waals surface area (Å²) in [6.07, 6.45) is 7.29. The molecule has 0 heterocycles. The van der Waals surface area contributed by atoms with Crippen LogP contribution in [0.25, 0.3) is 0 Å². The van der Waals surface area contributed by atoms with Crippen LogP contribution in [0.15, 0.2) is 0 Å². The van der Waals surface area contributed by atoms with Gasteiger partial charge in [0.1, 0.15) is 0 Å². The quantitative estimate of drug-likeness (QED) is 0.620. The van der Waals surface area contributed by atoms with Crippen molar-refractivity contribution in [3.8, 4) is 0 Å². The van der Waals surface area contributed by atoms with Crippen molar-refractivity contribution in [1.29, 1.82) is 0 Å². The molecule has 0 aromatic rings. The van der Waals surface area contributed by atoms with Gasteiger partial charge in [0.2, 0.25) is 0 Å². The number of rotatable bonds is 2. The number of hydrogen-bond acceptors (Lipinski definition) is 0. The molecule has 0 aliphatic heterocycles. The lowest BCUT2D eigenvalue weighted by Gasteiger charge is -2.13. The lowest BCUT2D eigenvalue weighted by atomic mass is 10.0. The Balaban J connectivity index is 1.83. The minimum atomic E-state index is 0.852.